The van der Waals surface area contributed by atoms with Crippen LogP contribution >= 0.6 is 24.0 Å². The van der Waals surface area contributed by atoms with Crippen molar-refractivity contribution in [3.63, 3.8) is 0 Å². The van der Waals surface area contributed by atoms with Crippen LogP contribution in [0.3, 0.4) is 0 Å². The number of nitrogens with zero attached hydrogens (tertiary/aromatic N) is 2. The first-order valence-electron chi connectivity index (χ1n) is 10.7. The lowest BCUT2D eigenvalue weighted by Crippen LogP contribution is -2.48. The summed E-state index contributed by atoms with van der Waals surface area (Å²) < 4.78 is 0. The van der Waals surface area contributed by atoms with E-state index in [0.717, 1.165) is 51.3 Å². The normalized spacial score (nSPS) is 15.1. The van der Waals surface area contributed by atoms with Gasteiger partial charge in [0.1, 0.15) is 0 Å². The maximum atomic E-state index is 4.42. The molecule has 1 saturated heterocycles. The molecule has 0 bridgehead atoms. The van der Waals surface area contributed by atoms with Crippen LogP contribution in [0, 0.1) is 0 Å². The monoisotopic (exact) mass is 517 g/mol. The van der Waals surface area contributed by atoms with E-state index in [1.807, 2.05) is 7.05 Å². The van der Waals surface area contributed by atoms with Gasteiger partial charge in [0.2, 0.25) is 0 Å². The van der Waals surface area contributed by atoms with Crippen LogP contribution < -0.4 is 15.5 Å². The van der Waals surface area contributed by atoms with E-state index in [9.17, 15) is 0 Å². The van der Waals surface area contributed by atoms with E-state index >= 15 is 0 Å². The number of aliphatic imine (C=N–C) groups is 1. The summed E-state index contributed by atoms with van der Waals surface area (Å²) in [5, 5.41) is 8.43. The van der Waals surface area contributed by atoms with Crippen LogP contribution in [-0.4, -0.2) is 43.7 Å². The van der Waals surface area contributed by atoms with Crippen molar-refractivity contribution in [1.29, 1.82) is 0 Å². The predicted octanol–water partition coefficient (Wildman–Crippen LogP) is 4.55. The predicted molar refractivity (Wildman–Crippen MR) is 138 cm³/mol. The van der Waals surface area contributed by atoms with Crippen LogP contribution in [0.4, 0.5) is 5.69 Å². The third-order valence-corrected chi connectivity index (χ3v) is 5.77. The Morgan fingerprint density at radius 2 is 1.80 bits per heavy atom. The minimum Gasteiger partial charge on any atom is -0.371 e. The molecule has 1 aromatic heterocycles. The number of halogens is 1. The summed E-state index contributed by atoms with van der Waals surface area (Å²) in [4.78, 5) is 10.2. The molecule has 0 atom stereocenters. The van der Waals surface area contributed by atoms with Crippen molar-refractivity contribution in [2.45, 2.75) is 31.7 Å². The molecule has 6 heteroatoms. The van der Waals surface area contributed by atoms with E-state index in [0.29, 0.717) is 6.04 Å². The number of nitrogens with one attached hydrogen (secondary N) is 3. The molecule has 0 unspecified atom stereocenters. The van der Waals surface area contributed by atoms with E-state index in [1.165, 1.54) is 22.2 Å². The lowest BCUT2D eigenvalue weighted by molar-refractivity contribution is 0.461. The molecule has 5 nitrogen and oxygen atoms in total. The Hall–Kier alpha value is -2.22. The highest BCUT2D eigenvalue weighted by atomic mass is 127. The third-order valence-electron chi connectivity index (χ3n) is 5.77. The Kier molecular flexibility index (Phi) is 8.42. The van der Waals surface area contributed by atoms with Crippen molar-refractivity contribution in [3.8, 4) is 0 Å². The van der Waals surface area contributed by atoms with Gasteiger partial charge < -0.3 is 20.5 Å². The van der Waals surface area contributed by atoms with Crippen molar-refractivity contribution in [2.24, 2.45) is 4.99 Å². The summed E-state index contributed by atoms with van der Waals surface area (Å²) in [6.45, 7) is 3.08. The molecule has 2 heterocycles. The second-order valence-electron chi connectivity index (χ2n) is 7.70. The highest BCUT2D eigenvalue weighted by Crippen LogP contribution is 2.20. The molecule has 3 aromatic rings. The topological polar surface area (TPSA) is 55.5 Å². The van der Waals surface area contributed by atoms with Crippen molar-refractivity contribution in [3.05, 3.63) is 66.4 Å². The van der Waals surface area contributed by atoms with E-state index in [4.69, 9.17) is 0 Å². The molecule has 4 rings (SSSR count). The third kappa shape index (κ3) is 5.68. The summed E-state index contributed by atoms with van der Waals surface area (Å²) in [7, 11) is 1.86. The van der Waals surface area contributed by atoms with E-state index < -0.39 is 0 Å². The lowest BCUT2D eigenvalue weighted by atomic mass is 10.0. The van der Waals surface area contributed by atoms with Gasteiger partial charge in [0.05, 0.1) is 0 Å². The zero-order valence-electron chi connectivity index (χ0n) is 17.6. The number of guanidine groups is 1. The average Bonchev–Trinajstić information content (AvgIpc) is 3.20. The van der Waals surface area contributed by atoms with Gasteiger partial charge in [-0.15, -0.1) is 24.0 Å². The molecule has 0 aliphatic carbocycles. The Morgan fingerprint density at radius 3 is 2.57 bits per heavy atom. The second kappa shape index (κ2) is 11.2. The number of aryl methyl sites for hydroxylation is 1. The minimum absolute atomic E-state index is 0. The number of aromatic nitrogens is 1. The molecule has 0 radical (unpaired) electrons. The van der Waals surface area contributed by atoms with Crippen LogP contribution in [0.25, 0.3) is 10.9 Å². The number of rotatable bonds is 6. The number of H-pyrrole nitrogens is 1. The number of hydrogen-bond donors (Lipinski definition) is 3. The Balaban J connectivity index is 0.00000256. The number of hydrogen-bond acceptors (Lipinski definition) is 2. The Morgan fingerprint density at radius 1 is 1.07 bits per heavy atom. The number of piperidine rings is 1. The maximum absolute atomic E-state index is 4.42. The van der Waals surface area contributed by atoms with Crippen LogP contribution in [0.15, 0.2) is 65.8 Å². The number of aromatic amines is 1. The van der Waals surface area contributed by atoms with E-state index in [-0.39, 0.29) is 24.0 Å². The van der Waals surface area contributed by atoms with Crippen LogP contribution in [-0.2, 0) is 6.42 Å². The molecule has 3 N–H and O–H groups in total. The largest absolute Gasteiger partial charge is 0.371 e. The van der Waals surface area contributed by atoms with Crippen molar-refractivity contribution in [1.82, 2.24) is 15.6 Å². The standard InChI is InChI=1S/C24H31N5.HI/c1-25-24(26-15-7-8-19-18-27-23-12-6-5-11-22(19)23)28-20-13-16-29(17-14-20)21-9-3-2-4-10-21;/h2-6,9-12,18,20,27H,7-8,13-17H2,1H3,(H2,25,26,28);1H. The average molecular weight is 517 g/mol. The molecular formula is C24H32IN5. The zero-order chi connectivity index (χ0) is 19.9. The van der Waals surface area contributed by atoms with Gasteiger partial charge in [0, 0.05) is 55.5 Å². The molecule has 0 amide bonds. The summed E-state index contributed by atoms with van der Waals surface area (Å²) in [5.74, 6) is 0.919. The Bertz CT molecular complexity index is 929. The van der Waals surface area contributed by atoms with Crippen LogP contribution in [0.2, 0.25) is 0 Å². The number of benzene rings is 2. The molecule has 160 valence electrons. The summed E-state index contributed by atoms with van der Waals surface area (Å²) in [5.41, 5.74) is 3.93. The first-order chi connectivity index (χ1) is 14.3. The van der Waals surface area contributed by atoms with Crippen LogP contribution in [0.5, 0.6) is 0 Å². The van der Waals surface area contributed by atoms with Crippen LogP contribution in [0.1, 0.15) is 24.8 Å². The smallest absolute Gasteiger partial charge is 0.191 e. The van der Waals surface area contributed by atoms with Crippen molar-refractivity contribution < 1.29 is 0 Å². The maximum Gasteiger partial charge on any atom is 0.191 e. The summed E-state index contributed by atoms with van der Waals surface area (Å²) in [6.07, 6.45) is 6.53. The van der Waals surface area contributed by atoms with Gasteiger partial charge in [-0.1, -0.05) is 36.4 Å². The van der Waals surface area contributed by atoms with Gasteiger partial charge in [-0.2, -0.15) is 0 Å². The first-order valence-corrected chi connectivity index (χ1v) is 10.7. The van der Waals surface area contributed by atoms with E-state index in [2.05, 4.69) is 86.3 Å². The highest BCUT2D eigenvalue weighted by Gasteiger charge is 2.20. The van der Waals surface area contributed by atoms with Gasteiger partial charge in [0.25, 0.3) is 0 Å². The van der Waals surface area contributed by atoms with Gasteiger partial charge in [-0.25, -0.2) is 0 Å². The molecule has 30 heavy (non-hydrogen) atoms. The van der Waals surface area contributed by atoms with Gasteiger partial charge in [0.15, 0.2) is 5.96 Å². The molecule has 2 aromatic carbocycles. The zero-order valence-corrected chi connectivity index (χ0v) is 19.9. The first kappa shape index (κ1) is 22.5. The molecule has 1 aliphatic rings. The molecule has 0 saturated carbocycles. The molecule has 0 spiro atoms. The van der Waals surface area contributed by atoms with Crippen molar-refractivity contribution >= 4 is 46.5 Å². The fourth-order valence-corrected chi connectivity index (χ4v) is 4.13. The fourth-order valence-electron chi connectivity index (χ4n) is 4.13. The number of fused-ring (bicyclic) bond motifs is 1. The second-order valence-corrected chi connectivity index (χ2v) is 7.70. The van der Waals surface area contributed by atoms with Gasteiger partial charge in [-0.3, -0.25) is 4.99 Å². The van der Waals surface area contributed by atoms with Crippen molar-refractivity contribution in [2.75, 3.05) is 31.6 Å². The SMILES string of the molecule is CN=C(NCCCc1c[nH]c2ccccc12)NC1CCN(c2ccccc2)CC1.I. The molecule has 1 aliphatic heterocycles. The number of anilines is 1. The minimum atomic E-state index is 0. The fraction of sp³-hybridized carbons (Fsp3) is 0.375. The van der Waals surface area contributed by atoms with Gasteiger partial charge in [-0.05, 0) is 49.4 Å². The molecule has 1 fully saturated rings. The lowest BCUT2D eigenvalue weighted by Gasteiger charge is -2.34. The summed E-state index contributed by atoms with van der Waals surface area (Å²) in [6, 6.07) is 19.7. The number of para-hydroxylation sites is 2. The quantitative estimate of drug-likeness (QED) is 0.195. The summed E-state index contributed by atoms with van der Waals surface area (Å²) >= 11 is 0. The Labute approximate surface area is 196 Å². The van der Waals surface area contributed by atoms with E-state index in [1.54, 1.807) is 0 Å². The highest BCUT2D eigenvalue weighted by molar-refractivity contribution is 14.0. The van der Waals surface area contributed by atoms with Gasteiger partial charge >= 0.3 is 0 Å². The molecular weight excluding hydrogens is 485 g/mol.